The van der Waals surface area contributed by atoms with Crippen molar-refractivity contribution >= 4 is 15.9 Å². The van der Waals surface area contributed by atoms with Crippen molar-refractivity contribution in [2.24, 2.45) is 0 Å². The summed E-state index contributed by atoms with van der Waals surface area (Å²) in [5.74, 6) is 0.882. The molecule has 0 atom stereocenters. The quantitative estimate of drug-likeness (QED) is 0.750. The molecule has 1 N–H and O–H groups in total. The van der Waals surface area contributed by atoms with Crippen LogP contribution < -0.4 is 14.8 Å². The van der Waals surface area contributed by atoms with Gasteiger partial charge in [0.1, 0.15) is 0 Å². The topological polar surface area (TPSA) is 84.9 Å². The molecule has 0 aromatic heterocycles. The van der Waals surface area contributed by atoms with Crippen molar-refractivity contribution in [2.45, 2.75) is 38.3 Å². The van der Waals surface area contributed by atoms with Crippen LogP contribution in [-0.2, 0) is 21.4 Å². The number of rotatable bonds is 8. The predicted octanol–water partition coefficient (Wildman–Crippen LogP) is 1.52. The molecule has 8 heteroatoms. The second kappa shape index (κ2) is 8.53. The molecular formula is C17H26N2O5S. The molecule has 1 aliphatic rings. The van der Waals surface area contributed by atoms with Crippen LogP contribution in [0.3, 0.4) is 0 Å². The van der Waals surface area contributed by atoms with Gasteiger partial charge in [-0.05, 0) is 30.5 Å². The van der Waals surface area contributed by atoms with E-state index in [2.05, 4.69) is 5.32 Å². The van der Waals surface area contributed by atoms with Gasteiger partial charge in [0.05, 0.1) is 27.0 Å². The highest BCUT2D eigenvalue weighted by Crippen LogP contribution is 2.27. The second-order valence-corrected chi connectivity index (χ2v) is 8.15. The lowest BCUT2D eigenvalue weighted by molar-refractivity contribution is -0.121. The van der Waals surface area contributed by atoms with Gasteiger partial charge >= 0.3 is 0 Å². The maximum Gasteiger partial charge on any atom is 0.235 e. The molecule has 7 nitrogen and oxygen atoms in total. The lowest BCUT2D eigenvalue weighted by Crippen LogP contribution is -2.44. The van der Waals surface area contributed by atoms with Gasteiger partial charge in [0.2, 0.25) is 15.9 Å². The Bertz CT molecular complexity index is 699. The third-order valence-corrected chi connectivity index (χ3v) is 5.67. The van der Waals surface area contributed by atoms with Crippen LogP contribution in [0.15, 0.2) is 18.2 Å². The first-order valence-electron chi connectivity index (χ1n) is 8.29. The Morgan fingerprint density at radius 1 is 1.20 bits per heavy atom. The molecule has 1 aromatic carbocycles. The third-order valence-electron chi connectivity index (χ3n) is 4.40. The molecule has 1 amide bonds. The van der Waals surface area contributed by atoms with Crippen molar-refractivity contribution < 1.29 is 22.7 Å². The number of ether oxygens (including phenoxy) is 2. The van der Waals surface area contributed by atoms with Gasteiger partial charge in [-0.15, -0.1) is 0 Å². The fourth-order valence-corrected chi connectivity index (χ4v) is 4.20. The summed E-state index contributed by atoms with van der Waals surface area (Å²) in [5.41, 5.74) is 0.845. The molecule has 0 spiro atoms. The van der Waals surface area contributed by atoms with E-state index in [1.165, 1.54) is 4.31 Å². The summed E-state index contributed by atoms with van der Waals surface area (Å²) in [6, 6.07) is 5.31. The molecule has 0 aliphatic heterocycles. The van der Waals surface area contributed by atoms with Crippen molar-refractivity contribution in [1.82, 2.24) is 9.62 Å². The summed E-state index contributed by atoms with van der Waals surface area (Å²) in [5, 5.41) is 2.77. The number of benzene rings is 1. The molecular weight excluding hydrogens is 344 g/mol. The molecule has 0 saturated heterocycles. The van der Waals surface area contributed by atoms with Crippen LogP contribution in [0.2, 0.25) is 0 Å². The van der Waals surface area contributed by atoms with Gasteiger partial charge in [-0.2, -0.15) is 4.31 Å². The number of nitrogens with one attached hydrogen (secondary N) is 1. The van der Waals surface area contributed by atoms with E-state index in [9.17, 15) is 13.2 Å². The van der Waals surface area contributed by atoms with E-state index in [1.807, 2.05) is 6.07 Å². The summed E-state index contributed by atoms with van der Waals surface area (Å²) in [6.07, 6.45) is 4.80. The molecule has 0 radical (unpaired) electrons. The average Bonchev–Trinajstić information content (AvgIpc) is 3.10. The molecule has 0 heterocycles. The van der Waals surface area contributed by atoms with Crippen LogP contribution in [-0.4, -0.2) is 51.7 Å². The van der Waals surface area contributed by atoms with Gasteiger partial charge in [-0.3, -0.25) is 4.79 Å². The first kappa shape index (κ1) is 19.5. The normalized spacial score (nSPS) is 15.4. The predicted molar refractivity (Wildman–Crippen MR) is 95.2 cm³/mol. The molecule has 0 bridgehead atoms. The van der Waals surface area contributed by atoms with E-state index in [0.29, 0.717) is 18.0 Å². The fourth-order valence-electron chi connectivity index (χ4n) is 3.10. The standard InChI is InChI=1S/C17H26N2O5S/c1-23-15-9-8-13(10-16(15)24-2)11-18-17(20)12-19(25(3,21)22)14-6-4-5-7-14/h8-10,14H,4-7,11-12H2,1-3H3,(H,18,20). The van der Waals surface area contributed by atoms with Gasteiger partial charge < -0.3 is 14.8 Å². The molecule has 1 saturated carbocycles. The highest BCUT2D eigenvalue weighted by molar-refractivity contribution is 7.88. The summed E-state index contributed by atoms with van der Waals surface area (Å²) in [6.45, 7) is 0.151. The summed E-state index contributed by atoms with van der Waals surface area (Å²) < 4.78 is 35.7. The Morgan fingerprint density at radius 3 is 2.40 bits per heavy atom. The highest BCUT2D eigenvalue weighted by atomic mass is 32.2. The zero-order valence-electron chi connectivity index (χ0n) is 14.9. The van der Waals surface area contributed by atoms with Crippen LogP contribution >= 0.6 is 0 Å². The maximum absolute atomic E-state index is 12.2. The van der Waals surface area contributed by atoms with Gasteiger partial charge in [0.15, 0.2) is 11.5 Å². The van der Waals surface area contributed by atoms with E-state index in [0.717, 1.165) is 37.5 Å². The second-order valence-electron chi connectivity index (χ2n) is 6.21. The number of carbonyl (C=O) groups excluding carboxylic acids is 1. The minimum atomic E-state index is -3.41. The minimum Gasteiger partial charge on any atom is -0.493 e. The van der Waals surface area contributed by atoms with Crippen LogP contribution in [0.1, 0.15) is 31.2 Å². The molecule has 140 valence electrons. The molecule has 1 aromatic rings. The monoisotopic (exact) mass is 370 g/mol. The van der Waals surface area contributed by atoms with Crippen LogP contribution in [0, 0.1) is 0 Å². The van der Waals surface area contributed by atoms with Crippen molar-refractivity contribution in [3.05, 3.63) is 23.8 Å². The lowest BCUT2D eigenvalue weighted by Gasteiger charge is -2.25. The Balaban J connectivity index is 1.97. The summed E-state index contributed by atoms with van der Waals surface area (Å²) >= 11 is 0. The van der Waals surface area contributed by atoms with Gasteiger partial charge in [-0.25, -0.2) is 8.42 Å². The molecule has 2 rings (SSSR count). The third kappa shape index (κ3) is 5.34. The lowest BCUT2D eigenvalue weighted by atomic mass is 10.2. The van der Waals surface area contributed by atoms with E-state index in [4.69, 9.17) is 9.47 Å². The van der Waals surface area contributed by atoms with Crippen molar-refractivity contribution in [2.75, 3.05) is 27.0 Å². The van der Waals surface area contributed by atoms with Crippen molar-refractivity contribution in [3.8, 4) is 11.5 Å². The van der Waals surface area contributed by atoms with Gasteiger partial charge in [0, 0.05) is 12.6 Å². The number of hydrogen-bond acceptors (Lipinski definition) is 5. The molecule has 1 fully saturated rings. The molecule has 1 aliphatic carbocycles. The Hall–Kier alpha value is -1.80. The fraction of sp³-hybridized carbons (Fsp3) is 0.588. The Labute approximate surface area is 149 Å². The van der Waals surface area contributed by atoms with Crippen molar-refractivity contribution in [1.29, 1.82) is 0 Å². The Kier molecular flexibility index (Phi) is 6.66. The van der Waals surface area contributed by atoms with Gasteiger partial charge in [0.25, 0.3) is 0 Å². The Morgan fingerprint density at radius 2 is 1.84 bits per heavy atom. The van der Waals surface area contributed by atoms with Crippen LogP contribution in [0.5, 0.6) is 11.5 Å². The zero-order chi connectivity index (χ0) is 18.4. The number of carbonyl (C=O) groups is 1. The largest absolute Gasteiger partial charge is 0.493 e. The first-order valence-corrected chi connectivity index (χ1v) is 10.1. The summed E-state index contributed by atoms with van der Waals surface area (Å²) in [7, 11) is -0.305. The number of amides is 1. The number of sulfonamides is 1. The highest BCUT2D eigenvalue weighted by Gasteiger charge is 2.30. The number of nitrogens with zero attached hydrogens (tertiary/aromatic N) is 1. The zero-order valence-corrected chi connectivity index (χ0v) is 15.8. The van der Waals surface area contributed by atoms with E-state index in [1.54, 1.807) is 26.4 Å². The average molecular weight is 370 g/mol. The minimum absolute atomic E-state index is 0.0677. The molecule has 25 heavy (non-hydrogen) atoms. The van der Waals surface area contributed by atoms with Gasteiger partial charge in [-0.1, -0.05) is 18.9 Å². The first-order chi connectivity index (χ1) is 11.8. The van der Waals surface area contributed by atoms with Crippen LogP contribution in [0.4, 0.5) is 0 Å². The molecule has 0 unspecified atom stereocenters. The van der Waals surface area contributed by atoms with Crippen molar-refractivity contribution in [3.63, 3.8) is 0 Å². The smallest absolute Gasteiger partial charge is 0.235 e. The SMILES string of the molecule is COc1ccc(CNC(=O)CN(C2CCCC2)S(C)(=O)=O)cc1OC. The maximum atomic E-state index is 12.2. The number of methoxy groups -OCH3 is 2. The number of hydrogen-bond donors (Lipinski definition) is 1. The summed E-state index contributed by atoms with van der Waals surface area (Å²) in [4.78, 5) is 12.2. The van der Waals surface area contributed by atoms with E-state index >= 15 is 0 Å². The van der Waals surface area contributed by atoms with Crippen LogP contribution in [0.25, 0.3) is 0 Å². The van der Waals surface area contributed by atoms with E-state index < -0.39 is 10.0 Å². The van der Waals surface area contributed by atoms with E-state index in [-0.39, 0.29) is 18.5 Å².